The molecule has 6 nitrogen and oxygen atoms in total. The molecule has 1 aromatic carbocycles. The van der Waals surface area contributed by atoms with Crippen molar-refractivity contribution in [3.05, 3.63) is 54.4 Å². The number of nitrogens with one attached hydrogen (secondary N) is 1. The number of benzene rings is 1. The predicted molar refractivity (Wildman–Crippen MR) is 104 cm³/mol. The Morgan fingerprint density at radius 3 is 2.30 bits per heavy atom. The van der Waals surface area contributed by atoms with Crippen LogP contribution in [0.3, 0.4) is 0 Å². The highest BCUT2D eigenvalue weighted by Gasteiger charge is 2.26. The second kappa shape index (κ2) is 8.63. The molecule has 1 aromatic heterocycles. The zero-order chi connectivity index (χ0) is 19.3. The van der Waals surface area contributed by atoms with Gasteiger partial charge in [0.25, 0.3) is 5.91 Å². The molecule has 2 heterocycles. The highest BCUT2D eigenvalue weighted by atomic mass is 32.2. The van der Waals surface area contributed by atoms with Gasteiger partial charge in [0, 0.05) is 30.9 Å². The summed E-state index contributed by atoms with van der Waals surface area (Å²) in [5.41, 5.74) is 1.84. The molecule has 1 aliphatic rings. The van der Waals surface area contributed by atoms with E-state index < -0.39 is 10.0 Å². The third kappa shape index (κ3) is 4.93. The molecule has 1 fully saturated rings. The predicted octanol–water partition coefficient (Wildman–Crippen LogP) is 2.35. The van der Waals surface area contributed by atoms with Gasteiger partial charge in [-0.2, -0.15) is 8.87 Å². The van der Waals surface area contributed by atoms with Crippen LogP contribution in [-0.2, 0) is 27.8 Å². The van der Waals surface area contributed by atoms with Crippen LogP contribution in [0.2, 0.25) is 0 Å². The zero-order valence-corrected chi connectivity index (χ0v) is 16.4. The number of sulfonamides is 1. The third-order valence-electron chi connectivity index (χ3n) is 4.67. The van der Waals surface area contributed by atoms with Gasteiger partial charge in [0.2, 0.25) is 16.6 Å². The number of carbonyl (C=O) groups is 1. The lowest BCUT2D eigenvalue weighted by atomic mass is 10.2. The maximum Gasteiger partial charge on any atom is 0.290 e. The van der Waals surface area contributed by atoms with Crippen molar-refractivity contribution in [2.45, 2.75) is 44.0 Å². The van der Waals surface area contributed by atoms with E-state index in [0.717, 1.165) is 25.7 Å². The lowest BCUT2D eigenvalue weighted by Crippen LogP contribution is -2.39. The first-order valence-corrected chi connectivity index (χ1v) is 10.8. The number of anilines is 1. The summed E-state index contributed by atoms with van der Waals surface area (Å²) in [4.78, 5) is 12.5. The van der Waals surface area contributed by atoms with Crippen molar-refractivity contribution in [3.8, 4) is 0 Å². The molecule has 0 radical (unpaired) electrons. The highest BCUT2D eigenvalue weighted by Crippen LogP contribution is 2.22. The average Bonchev–Trinajstić information content (AvgIpc) is 3.20. The van der Waals surface area contributed by atoms with Crippen LogP contribution in [0, 0.1) is 0 Å². The summed E-state index contributed by atoms with van der Waals surface area (Å²) in [6.45, 7) is 3.50. The minimum absolute atomic E-state index is 0.154. The van der Waals surface area contributed by atoms with Crippen molar-refractivity contribution >= 4 is 21.6 Å². The summed E-state index contributed by atoms with van der Waals surface area (Å²) < 4.78 is 28.4. The summed E-state index contributed by atoms with van der Waals surface area (Å²) in [5, 5.41) is 2.81. The van der Waals surface area contributed by atoms with Crippen LogP contribution in [0.5, 0.6) is 0 Å². The number of carbonyl (C=O) groups excluding carboxylic acids is 1. The number of pyridine rings is 1. The fourth-order valence-electron chi connectivity index (χ4n) is 3.20. The first kappa shape index (κ1) is 19.5. The van der Waals surface area contributed by atoms with Crippen LogP contribution in [0.25, 0.3) is 0 Å². The minimum Gasteiger partial charge on any atom is -0.321 e. The Morgan fingerprint density at radius 2 is 1.70 bits per heavy atom. The normalized spacial score (nSPS) is 15.0. The van der Waals surface area contributed by atoms with E-state index in [0.29, 0.717) is 18.8 Å². The number of hydrogen-bond acceptors (Lipinski definition) is 3. The lowest BCUT2D eigenvalue weighted by molar-refractivity contribution is -0.684. The summed E-state index contributed by atoms with van der Waals surface area (Å²) in [6.07, 6.45) is 7.73. The summed E-state index contributed by atoms with van der Waals surface area (Å²) in [7, 11) is -3.42. The van der Waals surface area contributed by atoms with Gasteiger partial charge in [0.1, 0.15) is 0 Å². The highest BCUT2D eigenvalue weighted by molar-refractivity contribution is 7.89. The Hall–Kier alpha value is -2.25. The van der Waals surface area contributed by atoms with Crippen molar-refractivity contribution in [2.75, 3.05) is 18.4 Å². The van der Waals surface area contributed by atoms with E-state index in [9.17, 15) is 13.2 Å². The molecular weight excluding hydrogens is 362 g/mol. The van der Waals surface area contributed by atoms with Crippen LogP contribution in [-0.4, -0.2) is 31.7 Å². The largest absolute Gasteiger partial charge is 0.321 e. The fourth-order valence-corrected chi connectivity index (χ4v) is 4.72. The van der Waals surface area contributed by atoms with Gasteiger partial charge in [-0.1, -0.05) is 13.3 Å². The topological polar surface area (TPSA) is 70.4 Å². The quantitative estimate of drug-likeness (QED) is 0.740. The fraction of sp³-hybridized carbons (Fsp3) is 0.400. The van der Waals surface area contributed by atoms with Gasteiger partial charge in [-0.05, 0) is 49.1 Å². The molecule has 144 valence electrons. The Labute approximate surface area is 160 Å². The van der Waals surface area contributed by atoms with E-state index >= 15 is 0 Å². The van der Waals surface area contributed by atoms with Gasteiger partial charge in [-0.15, -0.1) is 0 Å². The van der Waals surface area contributed by atoms with Crippen molar-refractivity contribution in [1.29, 1.82) is 0 Å². The van der Waals surface area contributed by atoms with Crippen molar-refractivity contribution in [1.82, 2.24) is 4.31 Å². The Kier molecular flexibility index (Phi) is 6.23. The smallest absolute Gasteiger partial charge is 0.290 e. The molecule has 0 unspecified atom stereocenters. The molecule has 2 aromatic rings. The molecule has 1 N–H and O–H groups in total. The maximum absolute atomic E-state index is 12.5. The monoisotopic (exact) mass is 388 g/mol. The molecular formula is C20H26N3O3S+. The number of rotatable bonds is 7. The van der Waals surface area contributed by atoms with Crippen molar-refractivity contribution in [2.24, 2.45) is 0 Å². The van der Waals surface area contributed by atoms with Gasteiger partial charge in [0.05, 0.1) is 4.90 Å². The Bertz CT molecular complexity index is 872. The number of nitrogens with zero attached hydrogens (tertiary/aromatic N) is 2. The maximum atomic E-state index is 12.5. The first-order chi connectivity index (χ1) is 13.0. The molecule has 0 bridgehead atoms. The van der Waals surface area contributed by atoms with Gasteiger partial charge < -0.3 is 5.32 Å². The minimum atomic E-state index is -3.42. The van der Waals surface area contributed by atoms with Gasteiger partial charge in [-0.25, -0.2) is 8.42 Å². The average molecular weight is 389 g/mol. The molecule has 0 aliphatic carbocycles. The van der Waals surface area contributed by atoms with E-state index in [1.54, 1.807) is 24.3 Å². The first-order valence-electron chi connectivity index (χ1n) is 9.37. The number of hydrogen-bond donors (Lipinski definition) is 1. The molecule has 1 amide bonds. The van der Waals surface area contributed by atoms with Crippen LogP contribution in [0.15, 0.2) is 53.7 Å². The van der Waals surface area contributed by atoms with Crippen LogP contribution < -0.4 is 9.88 Å². The summed E-state index contributed by atoms with van der Waals surface area (Å²) in [5.74, 6) is -0.154. The second-order valence-electron chi connectivity index (χ2n) is 6.81. The third-order valence-corrected chi connectivity index (χ3v) is 6.58. The van der Waals surface area contributed by atoms with Gasteiger partial charge >= 0.3 is 0 Å². The second-order valence-corrected chi connectivity index (χ2v) is 8.75. The molecule has 1 aliphatic heterocycles. The molecule has 1 saturated heterocycles. The molecule has 7 heteroatoms. The number of aromatic nitrogens is 1. The van der Waals surface area contributed by atoms with E-state index in [4.69, 9.17) is 0 Å². The molecule has 0 spiro atoms. The van der Waals surface area contributed by atoms with Crippen molar-refractivity contribution < 1.29 is 17.8 Å². The van der Waals surface area contributed by atoms with E-state index in [1.165, 1.54) is 9.87 Å². The molecule has 27 heavy (non-hydrogen) atoms. The number of aryl methyl sites for hydroxylation is 1. The van der Waals surface area contributed by atoms with Crippen LogP contribution >= 0.6 is 0 Å². The summed E-state index contributed by atoms with van der Waals surface area (Å²) >= 11 is 0. The molecule has 3 rings (SSSR count). The Balaban J connectivity index is 1.59. The standard InChI is InChI=1S/C20H25N3O3S/c1-2-5-17-10-14-22(15-11-17)16-20(24)21-18-6-8-19(9-7-18)27(25,26)23-12-3-4-13-23/h6-11,14-15H,2-5,12-13,16H2,1H3/p+1. The zero-order valence-electron chi connectivity index (χ0n) is 15.6. The van der Waals surface area contributed by atoms with Crippen LogP contribution in [0.4, 0.5) is 5.69 Å². The van der Waals surface area contributed by atoms with Crippen LogP contribution in [0.1, 0.15) is 31.7 Å². The van der Waals surface area contributed by atoms with Gasteiger partial charge in [-0.3, -0.25) is 4.79 Å². The Morgan fingerprint density at radius 1 is 1.07 bits per heavy atom. The lowest BCUT2D eigenvalue weighted by Gasteiger charge is -2.15. The molecule has 0 saturated carbocycles. The van der Waals surface area contributed by atoms with Crippen molar-refractivity contribution in [3.63, 3.8) is 0 Å². The summed E-state index contributed by atoms with van der Waals surface area (Å²) in [6, 6.07) is 10.4. The van der Waals surface area contributed by atoms with E-state index in [2.05, 4.69) is 12.2 Å². The SMILES string of the molecule is CCCc1cc[n+](CC(=O)Nc2ccc(S(=O)(=O)N3CCCC3)cc2)cc1. The van der Waals surface area contributed by atoms with E-state index in [1.807, 2.05) is 29.1 Å². The number of amides is 1. The van der Waals surface area contributed by atoms with Gasteiger partial charge in [0.15, 0.2) is 12.4 Å². The van der Waals surface area contributed by atoms with E-state index in [-0.39, 0.29) is 17.3 Å². The molecule has 0 atom stereocenters.